The third-order valence-corrected chi connectivity index (χ3v) is 3.64. The Morgan fingerprint density at radius 3 is 2.43 bits per heavy atom. The fourth-order valence-corrected chi connectivity index (χ4v) is 2.43. The lowest BCUT2D eigenvalue weighted by Gasteiger charge is -2.11. The highest BCUT2D eigenvalue weighted by Gasteiger charge is 2.31. The Hall–Kier alpha value is -3.55. The van der Waals surface area contributed by atoms with Crippen molar-refractivity contribution < 1.29 is 32.5 Å². The molecule has 0 aliphatic heterocycles. The van der Waals surface area contributed by atoms with Gasteiger partial charge in [-0.2, -0.15) is 0 Å². The van der Waals surface area contributed by atoms with Crippen LogP contribution in [0.4, 0.5) is 13.2 Å². The third-order valence-electron chi connectivity index (χ3n) is 3.64. The van der Waals surface area contributed by atoms with E-state index in [0.29, 0.717) is 0 Å². The topological polar surface area (TPSA) is 68.7 Å². The average molecular weight is 389 g/mol. The van der Waals surface area contributed by atoms with Crippen LogP contribution in [0.1, 0.15) is 15.9 Å². The number of halogens is 3. The number of carbonyl (C=O) groups is 1. The Balaban J connectivity index is 1.91. The smallest absolute Gasteiger partial charge is 0.478 e. The Bertz CT molecular complexity index is 975. The van der Waals surface area contributed by atoms with Crippen molar-refractivity contribution in [1.82, 2.24) is 4.98 Å². The summed E-state index contributed by atoms with van der Waals surface area (Å²) in [5.74, 6) is -1.60. The number of hydrogen-bond donors (Lipinski definition) is 1. The lowest BCUT2D eigenvalue weighted by molar-refractivity contribution is -0.274. The summed E-state index contributed by atoms with van der Waals surface area (Å²) in [6.45, 7) is 0.160. The van der Waals surface area contributed by atoms with Gasteiger partial charge in [0.1, 0.15) is 12.4 Å². The molecule has 0 atom stereocenters. The zero-order valence-electron chi connectivity index (χ0n) is 14.3. The quantitative estimate of drug-likeness (QED) is 0.648. The van der Waals surface area contributed by atoms with Crippen molar-refractivity contribution in [3.05, 3.63) is 77.9 Å². The molecule has 0 fully saturated rings. The van der Waals surface area contributed by atoms with Crippen molar-refractivity contribution in [2.75, 3.05) is 0 Å². The van der Waals surface area contributed by atoms with Crippen molar-refractivity contribution in [3.63, 3.8) is 0 Å². The molecule has 144 valence electrons. The van der Waals surface area contributed by atoms with Gasteiger partial charge in [0.15, 0.2) is 0 Å². The summed E-state index contributed by atoms with van der Waals surface area (Å²) in [6.07, 6.45) is -4.83. The highest BCUT2D eigenvalue weighted by atomic mass is 19.4. The van der Waals surface area contributed by atoms with E-state index < -0.39 is 18.1 Å². The number of nitrogens with zero attached hydrogens (tertiary/aromatic N) is 1. The van der Waals surface area contributed by atoms with E-state index in [0.717, 1.165) is 17.7 Å². The van der Waals surface area contributed by atoms with Crippen molar-refractivity contribution in [2.45, 2.75) is 13.0 Å². The largest absolute Gasteiger partial charge is 0.573 e. The number of ether oxygens (including phenoxy) is 2. The van der Waals surface area contributed by atoms with Crippen LogP contribution < -0.4 is 9.47 Å². The second-order valence-corrected chi connectivity index (χ2v) is 5.73. The first-order valence-electron chi connectivity index (χ1n) is 8.08. The van der Waals surface area contributed by atoms with Crippen LogP contribution in [-0.2, 0) is 6.61 Å². The molecule has 0 radical (unpaired) electrons. The Labute approximate surface area is 158 Å². The number of carboxylic acid groups (broad SMARTS) is 1. The molecule has 8 heteroatoms. The minimum Gasteiger partial charge on any atom is -0.478 e. The van der Waals surface area contributed by atoms with Gasteiger partial charge < -0.3 is 14.6 Å². The number of aromatic nitrogens is 1. The lowest BCUT2D eigenvalue weighted by atomic mass is 10.1. The zero-order chi connectivity index (χ0) is 20.1. The lowest BCUT2D eigenvalue weighted by Crippen LogP contribution is -2.17. The minimum atomic E-state index is -4.83. The maximum absolute atomic E-state index is 12.4. The molecule has 1 heterocycles. The molecule has 2 aromatic carbocycles. The van der Waals surface area contributed by atoms with E-state index in [1.54, 1.807) is 0 Å². The van der Waals surface area contributed by atoms with Crippen molar-refractivity contribution >= 4 is 5.97 Å². The van der Waals surface area contributed by atoms with E-state index in [9.17, 15) is 23.1 Å². The molecule has 5 nitrogen and oxygen atoms in total. The first-order chi connectivity index (χ1) is 13.3. The van der Waals surface area contributed by atoms with Gasteiger partial charge in [0.05, 0.1) is 11.3 Å². The number of benzene rings is 2. The molecule has 3 rings (SSSR count). The standard InChI is InChI=1S/C20H14F3NO4/c21-20(22,23)28-16-8-4-7-14(9-16)17-10-15(19(25)26)11-18(24-17)27-12-13-5-2-1-3-6-13/h1-11H,12H2,(H,25,26). The van der Waals surface area contributed by atoms with Crippen LogP contribution in [0.2, 0.25) is 0 Å². The SMILES string of the molecule is O=C(O)c1cc(OCc2ccccc2)nc(-c2cccc(OC(F)(F)F)c2)c1. The fourth-order valence-electron chi connectivity index (χ4n) is 2.43. The first kappa shape index (κ1) is 19.2. The molecular weight excluding hydrogens is 375 g/mol. The molecule has 3 aromatic rings. The van der Waals surface area contributed by atoms with Crippen LogP contribution in [0.25, 0.3) is 11.3 Å². The molecule has 0 bridgehead atoms. The number of aromatic carboxylic acids is 1. The average Bonchev–Trinajstić information content (AvgIpc) is 2.66. The monoisotopic (exact) mass is 389 g/mol. The summed E-state index contributed by atoms with van der Waals surface area (Å²) in [4.78, 5) is 15.6. The summed E-state index contributed by atoms with van der Waals surface area (Å²) in [5, 5.41) is 9.32. The molecule has 1 N–H and O–H groups in total. The van der Waals surface area contributed by atoms with E-state index in [1.807, 2.05) is 30.3 Å². The predicted octanol–water partition coefficient (Wildman–Crippen LogP) is 4.92. The number of pyridine rings is 1. The third kappa shape index (κ3) is 5.23. The molecular formula is C20H14F3NO4. The normalized spacial score (nSPS) is 11.1. The van der Waals surface area contributed by atoms with Gasteiger partial charge in [-0.3, -0.25) is 0 Å². The molecule has 0 saturated carbocycles. The molecule has 0 aliphatic rings. The molecule has 1 aromatic heterocycles. The van der Waals surface area contributed by atoms with E-state index in [2.05, 4.69) is 9.72 Å². The second kappa shape index (κ2) is 7.99. The summed E-state index contributed by atoms with van der Waals surface area (Å²) < 4.78 is 46.8. The van der Waals surface area contributed by atoms with Gasteiger partial charge in [-0.15, -0.1) is 13.2 Å². The number of carboxylic acids is 1. The van der Waals surface area contributed by atoms with Crippen molar-refractivity contribution in [3.8, 4) is 22.9 Å². The van der Waals surface area contributed by atoms with E-state index >= 15 is 0 Å². The van der Waals surface area contributed by atoms with E-state index in [1.165, 1.54) is 24.3 Å². The molecule has 0 aliphatic carbocycles. The highest BCUT2D eigenvalue weighted by molar-refractivity contribution is 5.89. The molecule has 0 amide bonds. The van der Waals surface area contributed by atoms with Gasteiger partial charge in [-0.25, -0.2) is 9.78 Å². The summed E-state index contributed by atoms with van der Waals surface area (Å²) in [7, 11) is 0. The molecule has 28 heavy (non-hydrogen) atoms. The van der Waals surface area contributed by atoms with E-state index in [-0.39, 0.29) is 29.3 Å². The number of hydrogen-bond acceptors (Lipinski definition) is 4. The predicted molar refractivity (Wildman–Crippen MR) is 94.1 cm³/mol. The highest BCUT2D eigenvalue weighted by Crippen LogP contribution is 2.29. The van der Waals surface area contributed by atoms with Gasteiger partial charge >= 0.3 is 12.3 Å². The van der Waals surface area contributed by atoms with Gasteiger partial charge in [0.2, 0.25) is 5.88 Å². The van der Waals surface area contributed by atoms with Gasteiger partial charge in [0, 0.05) is 11.6 Å². The van der Waals surface area contributed by atoms with Crippen LogP contribution in [0.3, 0.4) is 0 Å². The minimum absolute atomic E-state index is 0.0425. The van der Waals surface area contributed by atoms with Crippen LogP contribution in [-0.4, -0.2) is 22.4 Å². The van der Waals surface area contributed by atoms with E-state index in [4.69, 9.17) is 4.74 Å². The summed E-state index contributed by atoms with van der Waals surface area (Å²) >= 11 is 0. The van der Waals surface area contributed by atoms with Gasteiger partial charge in [-0.1, -0.05) is 42.5 Å². The van der Waals surface area contributed by atoms with Gasteiger partial charge in [0.25, 0.3) is 0 Å². The molecule has 0 saturated heterocycles. The Morgan fingerprint density at radius 1 is 1.00 bits per heavy atom. The maximum atomic E-state index is 12.4. The first-order valence-corrected chi connectivity index (χ1v) is 8.08. The number of alkyl halides is 3. The number of rotatable bonds is 6. The Morgan fingerprint density at radius 2 is 1.75 bits per heavy atom. The maximum Gasteiger partial charge on any atom is 0.573 e. The fraction of sp³-hybridized carbons (Fsp3) is 0.100. The van der Waals surface area contributed by atoms with Crippen molar-refractivity contribution in [1.29, 1.82) is 0 Å². The van der Waals surface area contributed by atoms with Crippen LogP contribution in [0.5, 0.6) is 11.6 Å². The van der Waals surface area contributed by atoms with Crippen LogP contribution in [0.15, 0.2) is 66.7 Å². The van der Waals surface area contributed by atoms with Crippen molar-refractivity contribution in [2.24, 2.45) is 0 Å². The van der Waals surface area contributed by atoms with Gasteiger partial charge in [-0.05, 0) is 23.8 Å². The summed E-state index contributed by atoms with van der Waals surface area (Å²) in [5.41, 5.74) is 1.16. The summed E-state index contributed by atoms with van der Waals surface area (Å²) in [6, 6.07) is 16.8. The molecule has 0 spiro atoms. The second-order valence-electron chi connectivity index (χ2n) is 5.73. The zero-order valence-corrected chi connectivity index (χ0v) is 14.3. The van der Waals surface area contributed by atoms with Crippen LogP contribution in [0, 0.1) is 0 Å². The Kier molecular flexibility index (Phi) is 5.49. The van der Waals surface area contributed by atoms with Crippen LogP contribution >= 0.6 is 0 Å². The molecule has 0 unspecified atom stereocenters.